The van der Waals surface area contributed by atoms with Gasteiger partial charge in [0.2, 0.25) is 5.82 Å². The molecule has 1 N–H and O–H groups in total. The molecule has 0 aliphatic rings. The Morgan fingerprint density at radius 3 is 2.20 bits per heavy atom. The molecule has 0 aliphatic heterocycles. The first-order valence-corrected chi connectivity index (χ1v) is 8.95. The molecule has 0 spiro atoms. The van der Waals surface area contributed by atoms with E-state index in [1.165, 1.54) is 30.3 Å². The Kier molecular flexibility index (Phi) is 4.11. The van der Waals surface area contributed by atoms with Crippen LogP contribution in [0.15, 0.2) is 53.4 Å². The fourth-order valence-electron chi connectivity index (χ4n) is 2.22. The summed E-state index contributed by atoms with van der Waals surface area (Å²) in [4.78, 5) is 7.23. The number of anilines is 2. The van der Waals surface area contributed by atoms with Gasteiger partial charge in [-0.25, -0.2) is 18.4 Å². The van der Waals surface area contributed by atoms with E-state index in [0.717, 1.165) is 6.26 Å². The molecule has 0 atom stereocenters. The zero-order valence-corrected chi connectivity index (χ0v) is 13.7. The molecule has 0 unspecified atom stereocenters. The van der Waals surface area contributed by atoms with Gasteiger partial charge in [-0.2, -0.15) is 13.2 Å². The van der Waals surface area contributed by atoms with Gasteiger partial charge in [0.25, 0.3) is 0 Å². The number of sulfone groups is 1. The molecule has 5 nitrogen and oxygen atoms in total. The average Bonchev–Trinajstić information content (AvgIpc) is 2.53. The average molecular weight is 367 g/mol. The topological polar surface area (TPSA) is 72.0 Å². The third-order valence-electron chi connectivity index (χ3n) is 3.40. The maximum absolute atomic E-state index is 13.0. The van der Waals surface area contributed by atoms with Crippen LogP contribution in [0.3, 0.4) is 0 Å². The van der Waals surface area contributed by atoms with Crippen molar-refractivity contribution < 1.29 is 21.6 Å². The van der Waals surface area contributed by atoms with E-state index in [4.69, 9.17) is 0 Å². The highest BCUT2D eigenvalue weighted by Gasteiger charge is 2.35. The summed E-state index contributed by atoms with van der Waals surface area (Å²) in [7, 11) is -3.36. The lowest BCUT2D eigenvalue weighted by molar-refractivity contribution is -0.144. The van der Waals surface area contributed by atoms with Crippen LogP contribution in [-0.2, 0) is 16.0 Å². The first kappa shape index (κ1) is 17.2. The minimum atomic E-state index is -4.68. The van der Waals surface area contributed by atoms with Crippen LogP contribution in [0.4, 0.5) is 24.7 Å². The van der Waals surface area contributed by atoms with Crippen molar-refractivity contribution in [3.05, 3.63) is 54.4 Å². The molecule has 0 bridgehead atoms. The van der Waals surface area contributed by atoms with Crippen molar-refractivity contribution in [3.63, 3.8) is 0 Å². The van der Waals surface area contributed by atoms with E-state index in [9.17, 15) is 21.6 Å². The van der Waals surface area contributed by atoms with Gasteiger partial charge in [0.15, 0.2) is 9.84 Å². The number of rotatable bonds is 3. The number of hydrogen-bond donors (Lipinski definition) is 1. The van der Waals surface area contributed by atoms with E-state index >= 15 is 0 Å². The second kappa shape index (κ2) is 5.99. The van der Waals surface area contributed by atoms with Gasteiger partial charge >= 0.3 is 6.18 Å². The van der Waals surface area contributed by atoms with E-state index in [1.54, 1.807) is 18.2 Å². The van der Waals surface area contributed by atoms with Gasteiger partial charge in [0, 0.05) is 17.3 Å². The number of halogens is 3. The summed E-state index contributed by atoms with van der Waals surface area (Å²) in [5.74, 6) is -1.26. The Morgan fingerprint density at radius 1 is 0.960 bits per heavy atom. The maximum Gasteiger partial charge on any atom is 0.451 e. The molecule has 1 heterocycles. The number of aromatic nitrogens is 2. The number of nitrogens with zero attached hydrogens (tertiary/aromatic N) is 2. The van der Waals surface area contributed by atoms with Gasteiger partial charge in [-0.15, -0.1) is 0 Å². The first-order chi connectivity index (χ1) is 11.6. The zero-order valence-electron chi connectivity index (χ0n) is 12.9. The number of benzene rings is 2. The molecule has 0 fully saturated rings. The third kappa shape index (κ3) is 3.71. The highest BCUT2D eigenvalue weighted by atomic mass is 32.2. The van der Waals surface area contributed by atoms with Crippen LogP contribution in [0.1, 0.15) is 5.82 Å². The predicted octanol–water partition coefficient (Wildman–Crippen LogP) is 3.80. The van der Waals surface area contributed by atoms with E-state index < -0.39 is 21.8 Å². The quantitative estimate of drug-likeness (QED) is 0.762. The van der Waals surface area contributed by atoms with Gasteiger partial charge in [-0.3, -0.25) is 0 Å². The summed E-state index contributed by atoms with van der Waals surface area (Å²) in [6, 6.07) is 12.0. The molecule has 0 aliphatic carbocycles. The van der Waals surface area contributed by atoms with Gasteiger partial charge in [-0.05, 0) is 36.4 Å². The predicted molar refractivity (Wildman–Crippen MR) is 87.4 cm³/mol. The van der Waals surface area contributed by atoms with Crippen LogP contribution in [0.25, 0.3) is 10.9 Å². The molecule has 25 heavy (non-hydrogen) atoms. The first-order valence-electron chi connectivity index (χ1n) is 7.06. The fourth-order valence-corrected chi connectivity index (χ4v) is 2.85. The largest absolute Gasteiger partial charge is 0.451 e. The molecule has 2 aromatic carbocycles. The van der Waals surface area contributed by atoms with Crippen molar-refractivity contribution in [1.29, 1.82) is 0 Å². The fraction of sp³-hybridized carbons (Fsp3) is 0.125. The van der Waals surface area contributed by atoms with Crippen molar-refractivity contribution in [2.24, 2.45) is 0 Å². The Balaban J connectivity index is 2.06. The molecular formula is C16H12F3N3O2S. The molecule has 130 valence electrons. The highest BCUT2D eigenvalue weighted by Crippen LogP contribution is 2.31. The van der Waals surface area contributed by atoms with Crippen LogP contribution in [0.5, 0.6) is 0 Å². The van der Waals surface area contributed by atoms with Crippen molar-refractivity contribution in [1.82, 2.24) is 9.97 Å². The zero-order chi connectivity index (χ0) is 18.2. The van der Waals surface area contributed by atoms with Crippen LogP contribution >= 0.6 is 0 Å². The number of hydrogen-bond acceptors (Lipinski definition) is 5. The summed E-state index contributed by atoms with van der Waals surface area (Å²) in [5.41, 5.74) is 0.560. The van der Waals surface area contributed by atoms with E-state index in [-0.39, 0.29) is 16.2 Å². The van der Waals surface area contributed by atoms with Gasteiger partial charge in [0.05, 0.1) is 10.4 Å². The highest BCUT2D eigenvalue weighted by molar-refractivity contribution is 7.90. The lowest BCUT2D eigenvalue weighted by Gasteiger charge is -2.12. The number of fused-ring (bicyclic) bond motifs is 1. The molecule has 1 aromatic heterocycles. The van der Waals surface area contributed by atoms with Crippen LogP contribution in [-0.4, -0.2) is 24.6 Å². The number of alkyl halides is 3. The summed E-state index contributed by atoms with van der Waals surface area (Å²) < 4.78 is 61.9. The van der Waals surface area contributed by atoms with Crippen molar-refractivity contribution in [2.45, 2.75) is 11.1 Å². The summed E-state index contributed by atoms with van der Waals surface area (Å²) in [6.07, 6.45) is -3.61. The number of nitrogens with one attached hydrogen (secondary N) is 1. The molecule has 0 amide bonds. The monoisotopic (exact) mass is 367 g/mol. The minimum Gasteiger partial charge on any atom is -0.340 e. The molecular weight excluding hydrogens is 355 g/mol. The summed E-state index contributed by atoms with van der Waals surface area (Å²) >= 11 is 0. The van der Waals surface area contributed by atoms with E-state index in [2.05, 4.69) is 15.3 Å². The minimum absolute atomic E-state index is 0.00923. The van der Waals surface area contributed by atoms with Crippen molar-refractivity contribution >= 4 is 32.2 Å². The molecule has 3 rings (SSSR count). The van der Waals surface area contributed by atoms with Gasteiger partial charge < -0.3 is 5.32 Å². The lowest BCUT2D eigenvalue weighted by Crippen LogP contribution is -2.12. The Bertz CT molecular complexity index is 1030. The second-order valence-electron chi connectivity index (χ2n) is 5.33. The number of para-hydroxylation sites is 1. The third-order valence-corrected chi connectivity index (χ3v) is 4.53. The van der Waals surface area contributed by atoms with Crippen LogP contribution < -0.4 is 5.32 Å². The second-order valence-corrected chi connectivity index (χ2v) is 7.35. The smallest absolute Gasteiger partial charge is 0.340 e. The lowest BCUT2D eigenvalue weighted by atomic mass is 10.2. The molecule has 0 saturated heterocycles. The Labute approximate surface area is 141 Å². The van der Waals surface area contributed by atoms with Crippen LogP contribution in [0, 0.1) is 0 Å². The summed E-state index contributed by atoms with van der Waals surface area (Å²) in [5, 5.41) is 3.21. The Hall–Kier alpha value is -2.68. The van der Waals surface area contributed by atoms with E-state index in [0.29, 0.717) is 11.1 Å². The van der Waals surface area contributed by atoms with Gasteiger partial charge in [-0.1, -0.05) is 12.1 Å². The van der Waals surface area contributed by atoms with Crippen LogP contribution in [0.2, 0.25) is 0 Å². The summed E-state index contributed by atoms with van der Waals surface area (Å²) in [6.45, 7) is 0. The molecule has 0 saturated carbocycles. The van der Waals surface area contributed by atoms with E-state index in [1.807, 2.05) is 0 Å². The molecule has 0 radical (unpaired) electrons. The molecule has 3 aromatic rings. The van der Waals surface area contributed by atoms with Gasteiger partial charge in [0.1, 0.15) is 5.82 Å². The standard InChI is InChI=1S/C16H12F3N3O2S/c1-25(23,24)11-8-6-10(7-9-11)20-14-12-4-2-3-5-13(12)21-15(22-14)16(17,18)19/h2-9H,1H3,(H,20,21,22). The van der Waals surface area contributed by atoms with Crippen molar-refractivity contribution in [3.8, 4) is 0 Å². The maximum atomic E-state index is 13.0. The molecule has 9 heteroatoms. The Morgan fingerprint density at radius 2 is 1.60 bits per heavy atom. The normalized spacial score (nSPS) is 12.3. The SMILES string of the molecule is CS(=O)(=O)c1ccc(Nc2nc(C(F)(F)F)nc3ccccc23)cc1. The van der Waals surface area contributed by atoms with Crippen molar-refractivity contribution in [2.75, 3.05) is 11.6 Å².